The van der Waals surface area contributed by atoms with Crippen molar-refractivity contribution in [1.82, 2.24) is 10.3 Å². The van der Waals surface area contributed by atoms with E-state index in [0.29, 0.717) is 37.9 Å². The summed E-state index contributed by atoms with van der Waals surface area (Å²) < 4.78 is 5.32. The average Bonchev–Trinajstić information content (AvgIpc) is 3.69. The van der Waals surface area contributed by atoms with Crippen LogP contribution in [0, 0.1) is 0 Å². The van der Waals surface area contributed by atoms with Gasteiger partial charge in [-0.2, -0.15) is 0 Å². The number of benzene rings is 3. The van der Waals surface area contributed by atoms with Gasteiger partial charge in [0, 0.05) is 38.2 Å². The van der Waals surface area contributed by atoms with Crippen molar-refractivity contribution in [3.05, 3.63) is 124 Å². The van der Waals surface area contributed by atoms with Gasteiger partial charge in [-0.15, -0.1) is 23.1 Å². The monoisotopic (exact) mass is 648 g/mol. The molecule has 3 N–H and O–H groups in total. The first kappa shape index (κ1) is 30.1. The molecule has 0 aliphatic rings. The molecule has 0 spiro atoms. The van der Waals surface area contributed by atoms with E-state index >= 15 is 0 Å². The summed E-state index contributed by atoms with van der Waals surface area (Å²) in [4.78, 5) is 43.6. The molecular formula is C31H22Cl2N4O4S2. The molecule has 0 radical (unpaired) electrons. The number of carbonyl (C=O) groups is 3. The minimum Gasteiger partial charge on any atom is -0.465 e. The molecule has 0 fully saturated rings. The van der Waals surface area contributed by atoms with E-state index in [1.54, 1.807) is 84.9 Å². The van der Waals surface area contributed by atoms with Gasteiger partial charge >= 0.3 is 0 Å². The maximum absolute atomic E-state index is 13.1. The van der Waals surface area contributed by atoms with E-state index in [9.17, 15) is 14.4 Å². The second-order valence-electron chi connectivity index (χ2n) is 8.87. The van der Waals surface area contributed by atoms with E-state index in [4.69, 9.17) is 27.6 Å². The van der Waals surface area contributed by atoms with E-state index in [1.807, 2.05) is 5.38 Å². The second kappa shape index (κ2) is 14.2. The van der Waals surface area contributed by atoms with Crippen LogP contribution in [0.3, 0.4) is 0 Å². The number of rotatable bonds is 10. The lowest BCUT2D eigenvalue weighted by molar-refractivity contribution is -0.114. The van der Waals surface area contributed by atoms with Gasteiger partial charge in [-0.3, -0.25) is 14.4 Å². The van der Waals surface area contributed by atoms with Crippen molar-refractivity contribution >= 4 is 80.9 Å². The number of hydrogen-bond donors (Lipinski definition) is 3. The number of carbonyl (C=O) groups excluding carboxylic acids is 3. The Hall–Kier alpha value is -4.35. The standard InChI is InChI=1S/C31H22Cl2N4O4S2/c32-20-8-13-24(25(33)15-20)27-17-43-31(36-27)37-28(38)18-42-23-11-9-21(10-12-23)34-30(40)26(16-22-7-4-14-41-22)35-29(39)19-5-2-1-3-6-19/h1-17H,18H2,(H,34,40)(H,35,39)(H,36,37,38)/b26-16-. The Morgan fingerprint density at radius 3 is 2.44 bits per heavy atom. The highest BCUT2D eigenvalue weighted by Gasteiger charge is 2.16. The fourth-order valence-corrected chi connectivity index (χ4v) is 5.68. The van der Waals surface area contributed by atoms with E-state index in [2.05, 4.69) is 20.9 Å². The van der Waals surface area contributed by atoms with E-state index < -0.39 is 11.8 Å². The van der Waals surface area contributed by atoms with Crippen molar-refractivity contribution < 1.29 is 18.8 Å². The summed E-state index contributed by atoms with van der Waals surface area (Å²) in [6.07, 6.45) is 2.93. The Labute approximate surface area is 265 Å². The summed E-state index contributed by atoms with van der Waals surface area (Å²) in [5.41, 5.74) is 2.31. The normalized spacial score (nSPS) is 11.2. The minimum atomic E-state index is -0.525. The van der Waals surface area contributed by atoms with Crippen LogP contribution in [0.5, 0.6) is 0 Å². The number of amides is 3. The average molecular weight is 650 g/mol. The van der Waals surface area contributed by atoms with Gasteiger partial charge in [0.25, 0.3) is 11.8 Å². The number of anilines is 2. The number of nitrogens with one attached hydrogen (secondary N) is 3. The van der Waals surface area contributed by atoms with Crippen LogP contribution >= 0.6 is 46.3 Å². The summed E-state index contributed by atoms with van der Waals surface area (Å²) in [6.45, 7) is 0. The molecule has 0 unspecified atom stereocenters. The molecule has 216 valence electrons. The van der Waals surface area contributed by atoms with Gasteiger partial charge in [-0.05, 0) is 66.7 Å². The van der Waals surface area contributed by atoms with Gasteiger partial charge in [0.2, 0.25) is 5.91 Å². The summed E-state index contributed by atoms with van der Waals surface area (Å²) in [5, 5.41) is 11.5. The quantitative estimate of drug-likeness (QED) is 0.105. The van der Waals surface area contributed by atoms with Crippen LogP contribution in [0.2, 0.25) is 10.0 Å². The maximum Gasteiger partial charge on any atom is 0.272 e. The largest absolute Gasteiger partial charge is 0.465 e. The number of nitrogens with zero attached hydrogens (tertiary/aromatic N) is 1. The van der Waals surface area contributed by atoms with Crippen LogP contribution in [-0.2, 0) is 9.59 Å². The summed E-state index contributed by atoms with van der Waals surface area (Å²) in [7, 11) is 0. The number of furan rings is 1. The van der Waals surface area contributed by atoms with Gasteiger partial charge in [0.05, 0.1) is 22.7 Å². The molecule has 0 saturated heterocycles. The third-order valence-corrected chi connectivity index (χ3v) is 8.12. The first-order chi connectivity index (χ1) is 20.8. The van der Waals surface area contributed by atoms with Gasteiger partial charge in [0.15, 0.2) is 5.13 Å². The van der Waals surface area contributed by atoms with Crippen molar-refractivity contribution in [2.24, 2.45) is 0 Å². The highest BCUT2D eigenvalue weighted by Crippen LogP contribution is 2.32. The van der Waals surface area contributed by atoms with Crippen molar-refractivity contribution in [2.75, 3.05) is 16.4 Å². The van der Waals surface area contributed by atoms with Crippen LogP contribution in [-0.4, -0.2) is 28.5 Å². The highest BCUT2D eigenvalue weighted by molar-refractivity contribution is 8.00. The Bertz CT molecular complexity index is 1770. The van der Waals surface area contributed by atoms with Crippen LogP contribution in [0.4, 0.5) is 10.8 Å². The van der Waals surface area contributed by atoms with Crippen LogP contribution < -0.4 is 16.0 Å². The van der Waals surface area contributed by atoms with Crippen molar-refractivity contribution in [1.29, 1.82) is 0 Å². The summed E-state index contributed by atoms with van der Waals surface area (Å²) >= 11 is 14.9. The molecule has 2 aromatic heterocycles. The third-order valence-electron chi connectivity index (χ3n) is 5.80. The lowest BCUT2D eigenvalue weighted by atomic mass is 10.2. The molecular weight excluding hydrogens is 627 g/mol. The molecule has 43 heavy (non-hydrogen) atoms. The SMILES string of the molecule is O=C(CSc1ccc(NC(=O)/C(=C/c2ccco2)NC(=O)c2ccccc2)cc1)Nc1nc(-c2ccc(Cl)cc2Cl)cs1. The second-order valence-corrected chi connectivity index (χ2v) is 11.6. The molecule has 2 heterocycles. The first-order valence-electron chi connectivity index (χ1n) is 12.7. The Balaban J connectivity index is 1.16. The fourth-order valence-electron chi connectivity index (χ4n) is 3.75. The van der Waals surface area contributed by atoms with Crippen molar-refractivity contribution in [3.63, 3.8) is 0 Å². The number of thiazole rings is 1. The molecule has 0 aliphatic carbocycles. The van der Waals surface area contributed by atoms with Crippen molar-refractivity contribution in [2.45, 2.75) is 4.90 Å². The zero-order valence-corrected chi connectivity index (χ0v) is 25.3. The summed E-state index contributed by atoms with van der Waals surface area (Å²) in [5.74, 6) is -0.604. The lowest BCUT2D eigenvalue weighted by Crippen LogP contribution is -2.30. The van der Waals surface area contributed by atoms with E-state index in [0.717, 1.165) is 10.5 Å². The van der Waals surface area contributed by atoms with E-state index in [-0.39, 0.29) is 17.4 Å². The molecule has 0 saturated carbocycles. The fraction of sp³-hybridized carbons (Fsp3) is 0.0323. The first-order valence-corrected chi connectivity index (χ1v) is 15.3. The highest BCUT2D eigenvalue weighted by atomic mass is 35.5. The molecule has 5 aromatic rings. The molecule has 0 bridgehead atoms. The molecule has 0 aliphatic heterocycles. The van der Waals surface area contributed by atoms with Crippen molar-refractivity contribution in [3.8, 4) is 11.3 Å². The maximum atomic E-state index is 13.1. The van der Waals surface area contributed by atoms with Gasteiger partial charge in [-0.1, -0.05) is 41.4 Å². The van der Waals surface area contributed by atoms with Crippen LogP contribution in [0.1, 0.15) is 16.1 Å². The zero-order valence-electron chi connectivity index (χ0n) is 22.2. The number of thioether (sulfide) groups is 1. The predicted molar refractivity (Wildman–Crippen MR) is 173 cm³/mol. The molecule has 0 atom stereocenters. The Kier molecular flexibility index (Phi) is 9.96. The molecule has 3 amide bonds. The zero-order chi connectivity index (χ0) is 30.2. The molecule has 12 heteroatoms. The third kappa shape index (κ3) is 8.36. The van der Waals surface area contributed by atoms with Crippen LogP contribution in [0.25, 0.3) is 17.3 Å². The Morgan fingerprint density at radius 2 is 1.72 bits per heavy atom. The van der Waals surface area contributed by atoms with Gasteiger partial charge in [0.1, 0.15) is 11.5 Å². The van der Waals surface area contributed by atoms with E-state index in [1.165, 1.54) is 35.4 Å². The summed E-state index contributed by atoms with van der Waals surface area (Å²) in [6, 6.07) is 24.1. The Morgan fingerprint density at radius 1 is 0.930 bits per heavy atom. The smallest absolute Gasteiger partial charge is 0.272 e. The van der Waals surface area contributed by atoms with Crippen LogP contribution in [0.15, 0.2) is 112 Å². The topological polar surface area (TPSA) is 113 Å². The van der Waals surface area contributed by atoms with Gasteiger partial charge < -0.3 is 20.4 Å². The predicted octanol–water partition coefficient (Wildman–Crippen LogP) is 7.85. The number of aromatic nitrogens is 1. The number of halogens is 2. The number of hydrogen-bond acceptors (Lipinski definition) is 7. The lowest BCUT2D eigenvalue weighted by Gasteiger charge is -2.11. The van der Waals surface area contributed by atoms with Gasteiger partial charge in [-0.25, -0.2) is 4.98 Å². The molecule has 3 aromatic carbocycles. The molecule has 5 rings (SSSR count). The minimum absolute atomic E-state index is 0.0163. The molecule has 8 nitrogen and oxygen atoms in total.